The van der Waals surface area contributed by atoms with E-state index in [0.29, 0.717) is 6.67 Å². The van der Waals surface area contributed by atoms with Crippen LogP contribution < -0.4 is 15.2 Å². The Morgan fingerprint density at radius 2 is 2.21 bits per heavy atom. The van der Waals surface area contributed by atoms with E-state index in [2.05, 4.69) is 10.0 Å². The standard InChI is InChI=1S/C7H9N3O2S2/c8-14(11,12)5-1-2-6-7(3-5)13-10-4-9-6/h1-3,9-10H,4H2,(H2,8,11,12). The van der Waals surface area contributed by atoms with Gasteiger partial charge in [0.15, 0.2) is 0 Å². The van der Waals surface area contributed by atoms with Crippen LogP contribution in [0.4, 0.5) is 5.69 Å². The van der Waals surface area contributed by atoms with Gasteiger partial charge in [0.05, 0.1) is 17.3 Å². The second kappa shape index (κ2) is 3.43. The van der Waals surface area contributed by atoms with Gasteiger partial charge >= 0.3 is 0 Å². The van der Waals surface area contributed by atoms with Crippen molar-refractivity contribution in [2.45, 2.75) is 9.79 Å². The van der Waals surface area contributed by atoms with E-state index in [-0.39, 0.29) is 4.90 Å². The maximum absolute atomic E-state index is 11.0. The molecule has 0 aromatic heterocycles. The lowest BCUT2D eigenvalue weighted by atomic mass is 10.3. The van der Waals surface area contributed by atoms with Gasteiger partial charge in [-0.1, -0.05) is 0 Å². The molecule has 5 nitrogen and oxygen atoms in total. The molecule has 1 aromatic carbocycles. The van der Waals surface area contributed by atoms with Crippen molar-refractivity contribution >= 4 is 27.7 Å². The van der Waals surface area contributed by atoms with Crippen molar-refractivity contribution in [3.8, 4) is 0 Å². The van der Waals surface area contributed by atoms with Crippen LogP contribution in [0.15, 0.2) is 28.0 Å². The van der Waals surface area contributed by atoms with Gasteiger partial charge in [0, 0.05) is 4.90 Å². The number of anilines is 1. The van der Waals surface area contributed by atoms with E-state index in [9.17, 15) is 8.42 Å². The van der Waals surface area contributed by atoms with Gasteiger partial charge in [-0.15, -0.1) is 0 Å². The summed E-state index contributed by atoms with van der Waals surface area (Å²) in [5, 5.41) is 8.09. The first-order valence-electron chi connectivity index (χ1n) is 3.88. The van der Waals surface area contributed by atoms with Crippen molar-refractivity contribution in [3.63, 3.8) is 0 Å². The maximum Gasteiger partial charge on any atom is 0.238 e. The van der Waals surface area contributed by atoms with Crippen LogP contribution in [0.3, 0.4) is 0 Å². The Hall–Kier alpha value is -0.760. The first kappa shape index (κ1) is 9.78. The summed E-state index contributed by atoms with van der Waals surface area (Å²) in [6, 6.07) is 4.75. The molecule has 0 saturated carbocycles. The smallest absolute Gasteiger partial charge is 0.238 e. The lowest BCUT2D eigenvalue weighted by Gasteiger charge is -2.18. The van der Waals surface area contributed by atoms with Crippen molar-refractivity contribution in [1.29, 1.82) is 0 Å². The Bertz CT molecular complexity index is 458. The molecule has 4 N–H and O–H groups in total. The molecule has 76 valence electrons. The molecular formula is C7H9N3O2S2. The Morgan fingerprint density at radius 1 is 1.43 bits per heavy atom. The number of hydrogen-bond acceptors (Lipinski definition) is 5. The summed E-state index contributed by atoms with van der Waals surface area (Å²) in [6.07, 6.45) is 0. The van der Waals surface area contributed by atoms with E-state index in [1.807, 2.05) is 0 Å². The minimum atomic E-state index is -3.61. The Morgan fingerprint density at radius 3 is 2.93 bits per heavy atom. The molecule has 1 aliphatic heterocycles. The highest BCUT2D eigenvalue weighted by atomic mass is 32.2. The highest BCUT2D eigenvalue weighted by Crippen LogP contribution is 2.29. The van der Waals surface area contributed by atoms with Crippen LogP contribution in [0.1, 0.15) is 0 Å². The minimum absolute atomic E-state index is 0.134. The third-order valence-electron chi connectivity index (χ3n) is 1.81. The molecule has 1 heterocycles. The monoisotopic (exact) mass is 231 g/mol. The summed E-state index contributed by atoms with van der Waals surface area (Å²) < 4.78 is 25.1. The number of nitrogens with two attached hydrogens (primary N) is 1. The van der Waals surface area contributed by atoms with Crippen LogP contribution in [0.2, 0.25) is 0 Å². The van der Waals surface area contributed by atoms with E-state index < -0.39 is 10.0 Å². The number of benzene rings is 1. The van der Waals surface area contributed by atoms with Gasteiger partial charge in [-0.3, -0.25) is 0 Å². The zero-order valence-corrected chi connectivity index (χ0v) is 8.78. The quantitative estimate of drug-likeness (QED) is 0.606. The number of sulfonamides is 1. The Balaban J connectivity index is 2.49. The SMILES string of the molecule is NS(=O)(=O)c1ccc2c(c1)SNCN2. The molecule has 0 aliphatic carbocycles. The molecule has 0 spiro atoms. The van der Waals surface area contributed by atoms with Gasteiger partial charge in [0.2, 0.25) is 10.0 Å². The highest BCUT2D eigenvalue weighted by molar-refractivity contribution is 7.97. The summed E-state index contributed by atoms with van der Waals surface area (Å²) in [6.45, 7) is 0.659. The molecule has 0 atom stereocenters. The molecule has 0 saturated heterocycles. The maximum atomic E-state index is 11.0. The zero-order chi connectivity index (χ0) is 10.2. The predicted octanol–water partition coefficient (Wildman–Crippen LogP) is 0.314. The minimum Gasteiger partial charge on any atom is -0.371 e. The highest BCUT2D eigenvalue weighted by Gasteiger charge is 2.13. The molecule has 1 aromatic rings. The number of primary sulfonamides is 1. The predicted molar refractivity (Wildman–Crippen MR) is 55.3 cm³/mol. The third kappa shape index (κ3) is 1.85. The normalized spacial score (nSPS) is 15.8. The second-order valence-corrected chi connectivity index (χ2v) is 5.30. The molecule has 0 bridgehead atoms. The van der Waals surface area contributed by atoms with E-state index >= 15 is 0 Å². The van der Waals surface area contributed by atoms with Crippen molar-refractivity contribution < 1.29 is 8.42 Å². The van der Waals surface area contributed by atoms with Crippen molar-refractivity contribution in [2.75, 3.05) is 12.0 Å². The first-order chi connectivity index (χ1) is 6.57. The lowest BCUT2D eigenvalue weighted by molar-refractivity contribution is 0.597. The van der Waals surface area contributed by atoms with Crippen molar-refractivity contribution in [2.24, 2.45) is 5.14 Å². The van der Waals surface area contributed by atoms with Gasteiger partial charge < -0.3 is 5.32 Å². The summed E-state index contributed by atoms with van der Waals surface area (Å²) in [4.78, 5) is 0.969. The van der Waals surface area contributed by atoms with Gasteiger partial charge in [0.25, 0.3) is 0 Å². The Kier molecular flexibility index (Phi) is 2.40. The average Bonchev–Trinajstić information content (AvgIpc) is 2.16. The van der Waals surface area contributed by atoms with E-state index in [4.69, 9.17) is 5.14 Å². The number of nitrogens with one attached hydrogen (secondary N) is 2. The van der Waals surface area contributed by atoms with Crippen LogP contribution in [0, 0.1) is 0 Å². The van der Waals surface area contributed by atoms with E-state index in [1.165, 1.54) is 18.0 Å². The summed E-state index contributed by atoms with van der Waals surface area (Å²) in [7, 11) is -3.61. The van der Waals surface area contributed by atoms with Gasteiger partial charge in [-0.25, -0.2) is 18.3 Å². The molecule has 7 heteroatoms. The van der Waals surface area contributed by atoms with Gasteiger partial charge in [0.1, 0.15) is 0 Å². The first-order valence-corrected chi connectivity index (χ1v) is 6.24. The van der Waals surface area contributed by atoms with Crippen LogP contribution in [-0.2, 0) is 10.0 Å². The average molecular weight is 231 g/mol. The van der Waals surface area contributed by atoms with Crippen molar-refractivity contribution in [3.05, 3.63) is 18.2 Å². The van der Waals surface area contributed by atoms with Gasteiger partial charge in [-0.05, 0) is 30.1 Å². The topological polar surface area (TPSA) is 84.2 Å². The molecule has 2 rings (SSSR count). The number of rotatable bonds is 1. The molecule has 0 fully saturated rings. The molecular weight excluding hydrogens is 222 g/mol. The zero-order valence-electron chi connectivity index (χ0n) is 7.15. The van der Waals surface area contributed by atoms with Crippen LogP contribution in [0.5, 0.6) is 0 Å². The van der Waals surface area contributed by atoms with Crippen molar-refractivity contribution in [1.82, 2.24) is 4.72 Å². The summed E-state index contributed by atoms with van der Waals surface area (Å²) >= 11 is 1.39. The van der Waals surface area contributed by atoms with Gasteiger partial charge in [-0.2, -0.15) is 0 Å². The lowest BCUT2D eigenvalue weighted by Crippen LogP contribution is -2.21. The fourth-order valence-electron chi connectivity index (χ4n) is 1.16. The fraction of sp³-hybridized carbons (Fsp3) is 0.143. The van der Waals surface area contributed by atoms with E-state index in [0.717, 1.165) is 10.6 Å². The largest absolute Gasteiger partial charge is 0.371 e. The summed E-state index contributed by atoms with van der Waals surface area (Å²) in [5.74, 6) is 0. The molecule has 0 unspecified atom stereocenters. The molecule has 14 heavy (non-hydrogen) atoms. The van der Waals surface area contributed by atoms with E-state index in [1.54, 1.807) is 12.1 Å². The molecule has 0 amide bonds. The second-order valence-electron chi connectivity index (χ2n) is 2.80. The number of fused-ring (bicyclic) bond motifs is 1. The number of hydrogen-bond donors (Lipinski definition) is 3. The fourth-order valence-corrected chi connectivity index (χ4v) is 2.51. The van der Waals surface area contributed by atoms with Crippen LogP contribution in [0.25, 0.3) is 0 Å². The van der Waals surface area contributed by atoms with Crippen LogP contribution in [-0.4, -0.2) is 15.1 Å². The van der Waals surface area contributed by atoms with Crippen LogP contribution >= 0.6 is 11.9 Å². The third-order valence-corrected chi connectivity index (χ3v) is 3.57. The Labute approximate surface area is 86.2 Å². The molecule has 1 aliphatic rings. The molecule has 0 radical (unpaired) electrons. The summed E-state index contributed by atoms with van der Waals surface area (Å²) in [5.41, 5.74) is 0.918.